The molecule has 2 N–H and O–H groups in total. The van der Waals surface area contributed by atoms with E-state index in [1.165, 1.54) is 0 Å². The Morgan fingerprint density at radius 2 is 2.00 bits per heavy atom. The molecular formula is C10H23ClN2O2. The second-order valence-corrected chi connectivity index (χ2v) is 3.48. The van der Waals surface area contributed by atoms with E-state index in [9.17, 15) is 4.79 Å². The highest BCUT2D eigenvalue weighted by Crippen LogP contribution is 1.90. The lowest BCUT2D eigenvalue weighted by atomic mass is 10.3. The minimum Gasteiger partial charge on any atom is -0.378 e. The van der Waals surface area contributed by atoms with E-state index < -0.39 is 0 Å². The molecule has 15 heavy (non-hydrogen) atoms. The summed E-state index contributed by atoms with van der Waals surface area (Å²) < 4.78 is 5.27. The highest BCUT2D eigenvalue weighted by Gasteiger charge is 2.00. The summed E-state index contributed by atoms with van der Waals surface area (Å²) in [5, 5.41) is 5.86. The van der Waals surface area contributed by atoms with Gasteiger partial charge in [0.2, 0.25) is 5.91 Å². The van der Waals surface area contributed by atoms with Gasteiger partial charge in [0.25, 0.3) is 0 Å². The molecule has 0 aliphatic carbocycles. The van der Waals surface area contributed by atoms with E-state index in [2.05, 4.69) is 10.6 Å². The smallest absolute Gasteiger partial charge is 0.222 e. The Balaban J connectivity index is 0. The zero-order chi connectivity index (χ0) is 10.8. The van der Waals surface area contributed by atoms with Crippen LogP contribution in [0.5, 0.6) is 0 Å². The number of hydrogen-bond donors (Lipinski definition) is 2. The Labute approximate surface area is 98.6 Å². The minimum absolute atomic E-state index is 0. The van der Waals surface area contributed by atoms with Crippen molar-refractivity contribution in [3.63, 3.8) is 0 Å². The predicted molar refractivity (Wildman–Crippen MR) is 64.5 cm³/mol. The lowest BCUT2D eigenvalue weighted by Crippen LogP contribution is -2.27. The fraction of sp³-hybridized carbons (Fsp3) is 0.900. The zero-order valence-electron chi connectivity index (χ0n) is 9.84. The quantitative estimate of drug-likeness (QED) is 0.619. The molecule has 0 spiro atoms. The molecule has 4 nitrogen and oxygen atoms in total. The highest BCUT2D eigenvalue weighted by atomic mass is 35.5. The third-order valence-electron chi connectivity index (χ3n) is 1.71. The minimum atomic E-state index is 0. The first-order valence-corrected chi connectivity index (χ1v) is 5.19. The summed E-state index contributed by atoms with van der Waals surface area (Å²) in [5.74, 6) is 0.0711. The van der Waals surface area contributed by atoms with Crippen molar-refractivity contribution in [3.8, 4) is 0 Å². The average Bonchev–Trinajstić information content (AvgIpc) is 2.12. The van der Waals surface area contributed by atoms with Gasteiger partial charge in [-0.2, -0.15) is 0 Å². The van der Waals surface area contributed by atoms with Crippen molar-refractivity contribution in [2.24, 2.45) is 0 Å². The lowest BCUT2D eigenvalue weighted by Gasteiger charge is -2.07. The first kappa shape index (κ1) is 17.1. The van der Waals surface area contributed by atoms with Crippen LogP contribution in [0.2, 0.25) is 0 Å². The molecule has 92 valence electrons. The van der Waals surface area contributed by atoms with Crippen LogP contribution in [-0.4, -0.2) is 38.8 Å². The molecule has 0 aromatic carbocycles. The lowest BCUT2D eigenvalue weighted by molar-refractivity contribution is -0.122. The van der Waals surface area contributed by atoms with Gasteiger partial charge in [-0.05, 0) is 33.9 Å². The summed E-state index contributed by atoms with van der Waals surface area (Å²) in [7, 11) is 1.90. The Bertz CT molecular complexity index is 154. The van der Waals surface area contributed by atoms with Crippen LogP contribution in [0.1, 0.15) is 26.7 Å². The zero-order valence-corrected chi connectivity index (χ0v) is 10.7. The van der Waals surface area contributed by atoms with Crippen LogP contribution < -0.4 is 10.6 Å². The molecule has 0 saturated carbocycles. The second-order valence-electron chi connectivity index (χ2n) is 3.48. The summed E-state index contributed by atoms with van der Waals surface area (Å²) in [6, 6.07) is 0. The number of carbonyl (C=O) groups excluding carboxylic acids is 1. The van der Waals surface area contributed by atoms with Crippen molar-refractivity contribution < 1.29 is 9.53 Å². The van der Waals surface area contributed by atoms with E-state index in [0.29, 0.717) is 13.0 Å². The number of rotatable bonds is 8. The normalized spacial score (nSPS) is 9.87. The van der Waals surface area contributed by atoms with Crippen LogP contribution in [0.25, 0.3) is 0 Å². The molecule has 0 aliphatic heterocycles. The predicted octanol–water partition coefficient (Wildman–Crippen LogP) is 0.949. The van der Waals surface area contributed by atoms with Gasteiger partial charge in [0.1, 0.15) is 0 Å². The molecule has 1 amide bonds. The fourth-order valence-electron chi connectivity index (χ4n) is 0.969. The number of halogens is 1. The Kier molecular flexibility index (Phi) is 13.4. The molecule has 0 rings (SSSR count). The van der Waals surface area contributed by atoms with Gasteiger partial charge in [-0.25, -0.2) is 0 Å². The van der Waals surface area contributed by atoms with Gasteiger partial charge in [0.05, 0.1) is 12.7 Å². The monoisotopic (exact) mass is 238 g/mol. The number of carbonyl (C=O) groups is 1. The third-order valence-corrected chi connectivity index (χ3v) is 1.71. The Morgan fingerprint density at radius 1 is 1.33 bits per heavy atom. The maximum Gasteiger partial charge on any atom is 0.222 e. The van der Waals surface area contributed by atoms with Crippen molar-refractivity contribution in [3.05, 3.63) is 0 Å². The third kappa shape index (κ3) is 13.7. The van der Waals surface area contributed by atoms with E-state index in [-0.39, 0.29) is 24.4 Å². The van der Waals surface area contributed by atoms with Crippen LogP contribution in [0, 0.1) is 0 Å². The molecule has 5 heteroatoms. The van der Waals surface area contributed by atoms with Crippen LogP contribution >= 0.6 is 12.4 Å². The molecule has 0 radical (unpaired) electrons. The van der Waals surface area contributed by atoms with Crippen molar-refractivity contribution in [1.29, 1.82) is 0 Å². The van der Waals surface area contributed by atoms with Crippen LogP contribution in [0.15, 0.2) is 0 Å². The van der Waals surface area contributed by atoms with Crippen LogP contribution in [0.3, 0.4) is 0 Å². The van der Waals surface area contributed by atoms with Gasteiger partial charge in [-0.15, -0.1) is 12.4 Å². The summed E-state index contributed by atoms with van der Waals surface area (Å²) >= 11 is 0. The van der Waals surface area contributed by atoms with Gasteiger partial charge < -0.3 is 15.4 Å². The first-order valence-electron chi connectivity index (χ1n) is 5.19. The molecule has 0 aliphatic rings. The van der Waals surface area contributed by atoms with Crippen LogP contribution in [-0.2, 0) is 9.53 Å². The van der Waals surface area contributed by atoms with Gasteiger partial charge >= 0.3 is 0 Å². The largest absolute Gasteiger partial charge is 0.378 e. The van der Waals surface area contributed by atoms with E-state index in [1.807, 2.05) is 20.9 Å². The van der Waals surface area contributed by atoms with E-state index in [1.54, 1.807) is 0 Å². The van der Waals surface area contributed by atoms with Gasteiger partial charge in [-0.1, -0.05) is 0 Å². The molecular weight excluding hydrogens is 216 g/mol. The maximum absolute atomic E-state index is 11.2. The number of amides is 1. The maximum atomic E-state index is 11.2. The van der Waals surface area contributed by atoms with Crippen molar-refractivity contribution >= 4 is 18.3 Å². The Hall–Kier alpha value is -0.320. The molecule has 0 unspecified atom stereocenters. The van der Waals surface area contributed by atoms with E-state index >= 15 is 0 Å². The first-order chi connectivity index (χ1) is 6.66. The summed E-state index contributed by atoms with van der Waals surface area (Å²) in [6.07, 6.45) is 1.62. The molecule has 0 saturated heterocycles. The molecule has 0 aromatic heterocycles. The number of ether oxygens (including phenoxy) is 1. The fourth-order valence-corrected chi connectivity index (χ4v) is 0.969. The van der Waals surface area contributed by atoms with E-state index in [4.69, 9.17) is 4.74 Å². The molecule has 0 bridgehead atoms. The number of nitrogens with one attached hydrogen (secondary N) is 2. The second kappa shape index (κ2) is 11.8. The van der Waals surface area contributed by atoms with Crippen molar-refractivity contribution in [2.75, 3.05) is 26.7 Å². The van der Waals surface area contributed by atoms with Gasteiger partial charge in [-0.3, -0.25) is 4.79 Å². The van der Waals surface area contributed by atoms with Crippen LogP contribution in [0.4, 0.5) is 0 Å². The number of hydrogen-bond acceptors (Lipinski definition) is 3. The summed E-state index contributed by atoms with van der Waals surface area (Å²) in [6.45, 7) is 6.11. The van der Waals surface area contributed by atoms with Gasteiger partial charge in [0, 0.05) is 13.0 Å². The molecule has 0 fully saturated rings. The summed E-state index contributed by atoms with van der Waals surface area (Å²) in [4.78, 5) is 11.2. The molecule has 0 aromatic rings. The van der Waals surface area contributed by atoms with Crippen molar-refractivity contribution in [1.82, 2.24) is 10.6 Å². The van der Waals surface area contributed by atoms with Crippen molar-refractivity contribution in [2.45, 2.75) is 32.8 Å². The standard InChI is InChI=1S/C10H22N2O2.ClH/c1-9(2)14-8-5-10(13)12-7-4-6-11-3;/h9,11H,4-8H2,1-3H3,(H,12,13);1H. The Morgan fingerprint density at radius 3 is 2.53 bits per heavy atom. The molecule has 0 atom stereocenters. The summed E-state index contributed by atoms with van der Waals surface area (Å²) in [5.41, 5.74) is 0. The SMILES string of the molecule is CNCCCNC(=O)CCOC(C)C.Cl. The molecule has 0 heterocycles. The average molecular weight is 239 g/mol. The van der Waals surface area contributed by atoms with Gasteiger partial charge in [0.15, 0.2) is 0 Å². The van der Waals surface area contributed by atoms with E-state index in [0.717, 1.165) is 19.5 Å². The highest BCUT2D eigenvalue weighted by molar-refractivity contribution is 5.85. The topological polar surface area (TPSA) is 50.4 Å².